The largest absolute Gasteiger partial charge is 0.497 e. The van der Waals surface area contributed by atoms with Crippen LogP contribution in [0.3, 0.4) is 0 Å². The second-order valence-corrected chi connectivity index (χ2v) is 5.84. The predicted molar refractivity (Wildman–Crippen MR) is 108 cm³/mol. The van der Waals surface area contributed by atoms with Crippen LogP contribution in [0.25, 0.3) is 10.9 Å². The number of amides is 1. The predicted octanol–water partition coefficient (Wildman–Crippen LogP) is 2.86. The number of benzene rings is 2. The lowest BCUT2D eigenvalue weighted by molar-refractivity contribution is 0.197. The van der Waals surface area contributed by atoms with E-state index in [9.17, 15) is 4.79 Å². The van der Waals surface area contributed by atoms with Crippen LogP contribution in [0.1, 0.15) is 5.56 Å². The Morgan fingerprint density at radius 3 is 2.52 bits per heavy atom. The zero-order valence-corrected chi connectivity index (χ0v) is 16.1. The van der Waals surface area contributed by atoms with Gasteiger partial charge in [-0.15, -0.1) is 0 Å². The summed E-state index contributed by atoms with van der Waals surface area (Å²) in [4.78, 5) is 19.8. The standard InChI is InChI=1S/C19H21N5O5/c1-27-12-8-7-11(15(9-12)29-3)10-20-18-21-16-13(5-4-6-14(16)28-2)17(22-18)23-24-19(25)26/h4-9,24H,10H2,1-3H3,(H,25,26)(H2,20,21,22,23). The number of para-hydroxylation sites is 1. The highest BCUT2D eigenvalue weighted by Crippen LogP contribution is 2.30. The van der Waals surface area contributed by atoms with Crippen molar-refractivity contribution in [1.29, 1.82) is 0 Å². The van der Waals surface area contributed by atoms with Crippen molar-refractivity contribution in [3.63, 3.8) is 0 Å². The third kappa shape index (κ3) is 4.49. The van der Waals surface area contributed by atoms with E-state index in [4.69, 9.17) is 19.3 Å². The first kappa shape index (κ1) is 19.8. The number of rotatable bonds is 8. The number of hydrogen-bond acceptors (Lipinski definition) is 8. The first-order valence-corrected chi connectivity index (χ1v) is 8.60. The molecule has 0 spiro atoms. The highest BCUT2D eigenvalue weighted by atomic mass is 16.5. The van der Waals surface area contributed by atoms with Crippen LogP contribution in [-0.4, -0.2) is 42.5 Å². The van der Waals surface area contributed by atoms with Crippen molar-refractivity contribution in [2.24, 2.45) is 0 Å². The fraction of sp³-hybridized carbons (Fsp3) is 0.211. The van der Waals surface area contributed by atoms with Crippen molar-refractivity contribution in [1.82, 2.24) is 15.4 Å². The molecule has 4 N–H and O–H groups in total. The fourth-order valence-electron chi connectivity index (χ4n) is 2.75. The molecule has 1 amide bonds. The number of aromatic nitrogens is 2. The fourth-order valence-corrected chi connectivity index (χ4v) is 2.75. The molecule has 0 fully saturated rings. The molecule has 3 aromatic rings. The minimum Gasteiger partial charge on any atom is -0.497 e. The number of hydrogen-bond donors (Lipinski definition) is 4. The van der Waals surface area contributed by atoms with Crippen molar-refractivity contribution in [3.05, 3.63) is 42.0 Å². The molecular formula is C19H21N5O5. The summed E-state index contributed by atoms with van der Waals surface area (Å²) < 4.78 is 16.0. The van der Waals surface area contributed by atoms with Gasteiger partial charge in [0.1, 0.15) is 22.8 Å². The van der Waals surface area contributed by atoms with Gasteiger partial charge in [0, 0.05) is 23.6 Å². The third-order valence-electron chi connectivity index (χ3n) is 4.13. The third-order valence-corrected chi connectivity index (χ3v) is 4.13. The average molecular weight is 399 g/mol. The highest BCUT2D eigenvalue weighted by molar-refractivity contribution is 5.94. The molecule has 0 atom stereocenters. The highest BCUT2D eigenvalue weighted by Gasteiger charge is 2.13. The van der Waals surface area contributed by atoms with Gasteiger partial charge in [-0.2, -0.15) is 4.98 Å². The van der Waals surface area contributed by atoms with E-state index in [-0.39, 0.29) is 5.95 Å². The van der Waals surface area contributed by atoms with Crippen molar-refractivity contribution in [2.45, 2.75) is 6.54 Å². The van der Waals surface area contributed by atoms with Gasteiger partial charge in [-0.3, -0.25) is 5.43 Å². The summed E-state index contributed by atoms with van der Waals surface area (Å²) in [5.41, 5.74) is 6.08. The smallest absolute Gasteiger partial charge is 0.423 e. The lowest BCUT2D eigenvalue weighted by atomic mass is 10.2. The number of carbonyl (C=O) groups is 1. The molecule has 0 saturated carbocycles. The zero-order chi connectivity index (χ0) is 20.8. The van der Waals surface area contributed by atoms with Crippen LogP contribution >= 0.6 is 0 Å². The number of fused-ring (bicyclic) bond motifs is 1. The van der Waals surface area contributed by atoms with Gasteiger partial charge in [0.15, 0.2) is 5.82 Å². The molecule has 3 rings (SSSR count). The number of nitrogens with zero attached hydrogens (tertiary/aromatic N) is 2. The van der Waals surface area contributed by atoms with Crippen molar-refractivity contribution in [2.75, 3.05) is 32.1 Å². The lowest BCUT2D eigenvalue weighted by Crippen LogP contribution is -2.28. The van der Waals surface area contributed by atoms with Gasteiger partial charge in [0.2, 0.25) is 5.95 Å². The molecule has 0 aliphatic heterocycles. The monoisotopic (exact) mass is 399 g/mol. The minimum absolute atomic E-state index is 0.287. The Bertz CT molecular complexity index is 1030. The molecule has 0 saturated heterocycles. The molecule has 0 aliphatic rings. The van der Waals surface area contributed by atoms with E-state index in [0.29, 0.717) is 40.5 Å². The van der Waals surface area contributed by atoms with Gasteiger partial charge >= 0.3 is 6.09 Å². The topological polar surface area (TPSA) is 127 Å². The maximum atomic E-state index is 10.9. The van der Waals surface area contributed by atoms with Crippen molar-refractivity contribution >= 4 is 28.8 Å². The zero-order valence-electron chi connectivity index (χ0n) is 16.1. The molecule has 1 heterocycles. The van der Waals surface area contributed by atoms with Gasteiger partial charge in [-0.05, 0) is 24.3 Å². The van der Waals surface area contributed by atoms with E-state index in [2.05, 4.69) is 26.1 Å². The maximum Gasteiger partial charge on any atom is 0.423 e. The summed E-state index contributed by atoms with van der Waals surface area (Å²) in [6.07, 6.45) is -1.24. The molecule has 0 radical (unpaired) electrons. The molecule has 152 valence electrons. The SMILES string of the molecule is COc1ccc(CNc2nc(NNC(=O)O)c3cccc(OC)c3n2)c(OC)c1. The number of ether oxygens (including phenoxy) is 3. The van der Waals surface area contributed by atoms with Crippen LogP contribution in [0.5, 0.6) is 17.2 Å². The van der Waals surface area contributed by atoms with Crippen LogP contribution in [0.2, 0.25) is 0 Å². The Morgan fingerprint density at radius 1 is 1.03 bits per heavy atom. The summed E-state index contributed by atoms with van der Waals surface area (Å²) in [6.45, 7) is 0.375. The van der Waals surface area contributed by atoms with E-state index in [1.165, 1.54) is 7.11 Å². The molecule has 0 bridgehead atoms. The number of methoxy groups -OCH3 is 3. The number of hydrazine groups is 1. The molecule has 29 heavy (non-hydrogen) atoms. The van der Waals surface area contributed by atoms with Crippen LogP contribution in [0.4, 0.5) is 16.6 Å². The van der Waals surface area contributed by atoms with Crippen molar-refractivity contribution < 1.29 is 24.1 Å². The second-order valence-electron chi connectivity index (χ2n) is 5.84. The summed E-state index contributed by atoms with van der Waals surface area (Å²) in [5.74, 6) is 2.45. The van der Waals surface area contributed by atoms with E-state index < -0.39 is 6.09 Å². The lowest BCUT2D eigenvalue weighted by Gasteiger charge is -2.14. The Labute approximate surface area is 166 Å². The first-order chi connectivity index (χ1) is 14.0. The van der Waals surface area contributed by atoms with E-state index in [0.717, 1.165) is 5.56 Å². The van der Waals surface area contributed by atoms with Gasteiger partial charge in [-0.25, -0.2) is 15.2 Å². The Hall–Kier alpha value is -3.95. The van der Waals surface area contributed by atoms with Gasteiger partial charge < -0.3 is 24.6 Å². The number of carboxylic acid groups (broad SMARTS) is 1. The van der Waals surface area contributed by atoms with E-state index in [1.807, 2.05) is 12.1 Å². The quantitative estimate of drug-likeness (QED) is 0.423. The summed E-state index contributed by atoms with van der Waals surface area (Å²) in [6, 6.07) is 10.8. The Kier molecular flexibility index (Phi) is 6.03. The van der Waals surface area contributed by atoms with Crippen LogP contribution < -0.4 is 30.4 Å². The molecular weight excluding hydrogens is 378 g/mol. The normalized spacial score (nSPS) is 10.3. The molecule has 1 aromatic heterocycles. The van der Waals surface area contributed by atoms with E-state index >= 15 is 0 Å². The Balaban J connectivity index is 1.93. The Morgan fingerprint density at radius 2 is 1.83 bits per heavy atom. The van der Waals surface area contributed by atoms with Crippen molar-refractivity contribution in [3.8, 4) is 17.2 Å². The summed E-state index contributed by atoms with van der Waals surface area (Å²) >= 11 is 0. The van der Waals surface area contributed by atoms with Crippen LogP contribution in [0, 0.1) is 0 Å². The molecule has 2 aromatic carbocycles. The molecule has 10 heteroatoms. The van der Waals surface area contributed by atoms with Gasteiger partial charge in [-0.1, -0.05) is 6.07 Å². The van der Waals surface area contributed by atoms with Crippen LogP contribution in [-0.2, 0) is 6.54 Å². The average Bonchev–Trinajstić information content (AvgIpc) is 2.75. The number of nitrogens with one attached hydrogen (secondary N) is 3. The van der Waals surface area contributed by atoms with Gasteiger partial charge in [0.05, 0.1) is 21.3 Å². The summed E-state index contributed by atoms with van der Waals surface area (Å²) in [7, 11) is 4.70. The van der Waals surface area contributed by atoms with Gasteiger partial charge in [0.25, 0.3) is 0 Å². The molecule has 0 unspecified atom stereocenters. The second kappa shape index (κ2) is 8.83. The molecule has 0 aliphatic carbocycles. The van der Waals surface area contributed by atoms with Crippen LogP contribution in [0.15, 0.2) is 36.4 Å². The molecule has 10 nitrogen and oxygen atoms in total. The first-order valence-electron chi connectivity index (χ1n) is 8.60. The summed E-state index contributed by atoms with van der Waals surface area (Å²) in [5, 5.41) is 12.6. The van der Waals surface area contributed by atoms with E-state index in [1.54, 1.807) is 38.5 Å². The number of anilines is 2. The minimum atomic E-state index is -1.24. The maximum absolute atomic E-state index is 10.9.